The van der Waals surface area contributed by atoms with Crippen LogP contribution in [-0.4, -0.2) is 16.1 Å². The largest absolute Gasteiger partial charge is 0.481 e. The Balaban J connectivity index is 3.02. The molecule has 0 aromatic carbocycles. The minimum absolute atomic E-state index is 0.0321. The maximum Gasteiger partial charge on any atom is 0.309 e. The first-order valence-corrected chi connectivity index (χ1v) is 3.76. The van der Waals surface area contributed by atoms with E-state index in [0.717, 1.165) is 6.07 Å². The summed E-state index contributed by atoms with van der Waals surface area (Å²) in [5.74, 6) is -1.16. The van der Waals surface area contributed by atoms with E-state index in [0.29, 0.717) is 0 Å². The van der Waals surface area contributed by atoms with Crippen molar-refractivity contribution in [3.63, 3.8) is 0 Å². The van der Waals surface area contributed by atoms with Gasteiger partial charge < -0.3 is 10.8 Å². The molecule has 0 radical (unpaired) electrons. The summed E-state index contributed by atoms with van der Waals surface area (Å²) in [5, 5.41) is 8.44. The topological polar surface area (TPSA) is 76.2 Å². The van der Waals surface area contributed by atoms with E-state index in [1.165, 1.54) is 6.07 Å². The molecule has 0 saturated carbocycles. The smallest absolute Gasteiger partial charge is 0.309 e. The lowest BCUT2D eigenvalue weighted by atomic mass is 10.2. The number of nitrogens with two attached hydrogens (primary N) is 1. The van der Waals surface area contributed by atoms with Crippen molar-refractivity contribution in [2.75, 3.05) is 5.73 Å². The molecule has 0 aliphatic rings. The second kappa shape index (κ2) is 3.99. The number of alkyl halides is 2. The zero-order valence-corrected chi connectivity index (χ0v) is 7.08. The van der Waals surface area contributed by atoms with Crippen LogP contribution in [0.15, 0.2) is 12.1 Å². The third kappa shape index (κ3) is 2.38. The molecule has 0 spiro atoms. The summed E-state index contributed by atoms with van der Waals surface area (Å²) in [5.41, 5.74) is 4.98. The molecule has 0 atom stereocenters. The zero-order chi connectivity index (χ0) is 10.7. The van der Waals surface area contributed by atoms with Gasteiger partial charge in [0.2, 0.25) is 0 Å². The Morgan fingerprint density at radius 2 is 2.21 bits per heavy atom. The van der Waals surface area contributed by atoms with Gasteiger partial charge in [-0.1, -0.05) is 0 Å². The molecule has 0 aliphatic carbocycles. The van der Waals surface area contributed by atoms with Crippen LogP contribution in [0, 0.1) is 0 Å². The Labute approximate surface area is 78.4 Å². The molecule has 4 nitrogen and oxygen atoms in total. The number of carboxylic acids is 1. The number of nitrogen functional groups attached to an aromatic ring is 1. The summed E-state index contributed by atoms with van der Waals surface area (Å²) in [4.78, 5) is 13.8. The second-order valence-electron chi connectivity index (χ2n) is 2.64. The Morgan fingerprint density at radius 1 is 1.57 bits per heavy atom. The fourth-order valence-electron chi connectivity index (χ4n) is 0.935. The van der Waals surface area contributed by atoms with Gasteiger partial charge >= 0.3 is 5.97 Å². The Kier molecular flexibility index (Phi) is 2.95. The van der Waals surface area contributed by atoms with E-state index in [1.807, 2.05) is 0 Å². The van der Waals surface area contributed by atoms with Gasteiger partial charge in [-0.25, -0.2) is 13.8 Å². The van der Waals surface area contributed by atoms with Crippen molar-refractivity contribution in [3.8, 4) is 0 Å². The molecule has 1 rings (SSSR count). The van der Waals surface area contributed by atoms with Gasteiger partial charge in [0.25, 0.3) is 6.43 Å². The van der Waals surface area contributed by atoms with Crippen LogP contribution in [0.5, 0.6) is 0 Å². The Morgan fingerprint density at radius 3 is 2.71 bits per heavy atom. The lowest BCUT2D eigenvalue weighted by Gasteiger charge is -2.04. The molecule has 14 heavy (non-hydrogen) atoms. The summed E-state index contributed by atoms with van der Waals surface area (Å²) in [6.07, 6.45) is -3.17. The molecule has 6 heteroatoms. The van der Waals surface area contributed by atoms with Crippen LogP contribution < -0.4 is 5.73 Å². The zero-order valence-electron chi connectivity index (χ0n) is 7.08. The van der Waals surface area contributed by atoms with Gasteiger partial charge in [0.15, 0.2) is 0 Å². The fraction of sp³-hybridized carbons (Fsp3) is 0.250. The molecule has 3 N–H and O–H groups in total. The van der Waals surface area contributed by atoms with E-state index in [2.05, 4.69) is 4.98 Å². The number of pyridine rings is 1. The highest BCUT2D eigenvalue weighted by molar-refractivity contribution is 5.71. The van der Waals surface area contributed by atoms with Gasteiger partial charge in [-0.15, -0.1) is 0 Å². The monoisotopic (exact) mass is 202 g/mol. The van der Waals surface area contributed by atoms with Gasteiger partial charge in [0.05, 0.1) is 17.8 Å². The van der Waals surface area contributed by atoms with E-state index in [4.69, 9.17) is 10.8 Å². The maximum absolute atomic E-state index is 12.2. The van der Waals surface area contributed by atoms with Gasteiger partial charge in [0, 0.05) is 0 Å². The van der Waals surface area contributed by atoms with Crippen molar-refractivity contribution in [1.82, 2.24) is 4.98 Å². The van der Waals surface area contributed by atoms with Crippen molar-refractivity contribution in [2.24, 2.45) is 0 Å². The first kappa shape index (κ1) is 10.4. The number of aromatic nitrogens is 1. The van der Waals surface area contributed by atoms with E-state index >= 15 is 0 Å². The van der Waals surface area contributed by atoms with Gasteiger partial charge in [-0.05, 0) is 12.1 Å². The summed E-state index contributed by atoms with van der Waals surface area (Å²) < 4.78 is 24.3. The Hall–Kier alpha value is -1.72. The van der Waals surface area contributed by atoms with Crippen LogP contribution in [0.1, 0.15) is 17.8 Å². The minimum Gasteiger partial charge on any atom is -0.481 e. The number of carbonyl (C=O) groups is 1. The number of hydrogen-bond donors (Lipinski definition) is 2. The molecule has 0 amide bonds. The molecule has 1 heterocycles. The molecular formula is C8H8F2N2O2. The predicted molar refractivity (Wildman–Crippen MR) is 44.9 cm³/mol. The molecule has 0 unspecified atom stereocenters. The van der Waals surface area contributed by atoms with Gasteiger partial charge in [-0.3, -0.25) is 4.79 Å². The van der Waals surface area contributed by atoms with Crippen LogP contribution >= 0.6 is 0 Å². The number of nitrogens with zero attached hydrogens (tertiary/aromatic N) is 1. The highest BCUT2D eigenvalue weighted by atomic mass is 19.3. The average Bonchev–Trinajstić information content (AvgIpc) is 2.07. The summed E-state index contributed by atoms with van der Waals surface area (Å²) in [6, 6.07) is 2.30. The predicted octanol–water partition coefficient (Wildman–Crippen LogP) is 1.23. The van der Waals surface area contributed by atoms with Gasteiger partial charge in [-0.2, -0.15) is 0 Å². The summed E-state index contributed by atoms with van der Waals surface area (Å²) in [7, 11) is 0. The van der Waals surface area contributed by atoms with Gasteiger partial charge in [0.1, 0.15) is 5.69 Å². The SMILES string of the molecule is Nc1ccc(C(F)F)nc1CC(=O)O. The first-order chi connectivity index (χ1) is 6.50. The van der Waals surface area contributed by atoms with Crippen LogP contribution in [0.3, 0.4) is 0 Å². The molecule has 0 aliphatic heterocycles. The number of aliphatic carboxylic acids is 1. The molecule has 1 aromatic heterocycles. The number of halogens is 2. The molecule has 0 saturated heterocycles. The van der Waals surface area contributed by atoms with Crippen LogP contribution in [0.2, 0.25) is 0 Å². The third-order valence-corrected chi connectivity index (χ3v) is 1.57. The van der Waals surface area contributed by atoms with E-state index in [9.17, 15) is 13.6 Å². The minimum atomic E-state index is -2.72. The summed E-state index contributed by atoms with van der Waals surface area (Å²) in [6.45, 7) is 0. The number of rotatable bonds is 3. The van der Waals surface area contributed by atoms with E-state index in [1.54, 1.807) is 0 Å². The molecular weight excluding hydrogens is 194 g/mol. The first-order valence-electron chi connectivity index (χ1n) is 3.76. The molecule has 1 aromatic rings. The van der Waals surface area contributed by atoms with Crippen LogP contribution in [0.25, 0.3) is 0 Å². The van der Waals surface area contributed by atoms with Crippen LogP contribution in [0.4, 0.5) is 14.5 Å². The molecule has 0 fully saturated rings. The highest BCUT2D eigenvalue weighted by Crippen LogP contribution is 2.19. The maximum atomic E-state index is 12.2. The standard InChI is InChI=1S/C8H8F2N2O2/c9-8(10)5-2-1-4(11)6(12-5)3-7(13)14/h1-2,8H,3,11H2,(H,13,14). The van der Waals surface area contributed by atoms with E-state index in [-0.39, 0.29) is 11.4 Å². The number of hydrogen-bond acceptors (Lipinski definition) is 3. The van der Waals surface area contributed by atoms with Crippen molar-refractivity contribution < 1.29 is 18.7 Å². The molecule has 0 bridgehead atoms. The quantitative estimate of drug-likeness (QED) is 0.772. The van der Waals surface area contributed by atoms with E-state index < -0.39 is 24.5 Å². The second-order valence-corrected chi connectivity index (χ2v) is 2.64. The average molecular weight is 202 g/mol. The normalized spacial score (nSPS) is 10.5. The van der Waals surface area contributed by atoms with Crippen LogP contribution in [-0.2, 0) is 11.2 Å². The lowest BCUT2D eigenvalue weighted by Crippen LogP contribution is -2.07. The van der Waals surface area contributed by atoms with Crippen molar-refractivity contribution in [1.29, 1.82) is 0 Å². The van der Waals surface area contributed by atoms with Crippen molar-refractivity contribution in [3.05, 3.63) is 23.5 Å². The number of carboxylic acid groups (broad SMARTS) is 1. The lowest BCUT2D eigenvalue weighted by molar-refractivity contribution is -0.136. The Bertz CT molecular complexity index is 355. The highest BCUT2D eigenvalue weighted by Gasteiger charge is 2.13. The molecule has 76 valence electrons. The number of anilines is 1. The van der Waals surface area contributed by atoms with Crippen molar-refractivity contribution in [2.45, 2.75) is 12.8 Å². The summed E-state index contributed by atoms with van der Waals surface area (Å²) >= 11 is 0. The van der Waals surface area contributed by atoms with Crippen molar-refractivity contribution >= 4 is 11.7 Å². The third-order valence-electron chi connectivity index (χ3n) is 1.57. The fourth-order valence-corrected chi connectivity index (χ4v) is 0.935.